The number of hydrogen-bond acceptors (Lipinski definition) is 7. The van der Waals surface area contributed by atoms with Gasteiger partial charge in [0.1, 0.15) is 11.3 Å². The van der Waals surface area contributed by atoms with Gasteiger partial charge >= 0.3 is 5.63 Å². The van der Waals surface area contributed by atoms with Crippen molar-refractivity contribution in [3.8, 4) is 5.75 Å². The Morgan fingerprint density at radius 2 is 2.06 bits per heavy atom. The summed E-state index contributed by atoms with van der Waals surface area (Å²) >= 11 is 3.36. The van der Waals surface area contributed by atoms with Crippen LogP contribution in [0.5, 0.6) is 5.75 Å². The van der Waals surface area contributed by atoms with Crippen molar-refractivity contribution in [2.24, 2.45) is 11.0 Å². The number of nitrogens with zero attached hydrogens (tertiary/aromatic N) is 2. The number of benzene rings is 1. The van der Waals surface area contributed by atoms with Crippen LogP contribution in [0.25, 0.3) is 17.0 Å². The minimum Gasteiger partial charge on any atom is -0.484 e. The molecule has 1 aliphatic heterocycles. The van der Waals surface area contributed by atoms with Crippen LogP contribution in [-0.2, 0) is 4.79 Å². The number of thiophene rings is 2. The monoisotopic (exact) mass is 516 g/mol. The number of carbonyl (C=O) groups excluding carboxylic acids is 1. The highest BCUT2D eigenvalue weighted by Gasteiger charge is 2.44. The average Bonchev–Trinajstić information content (AvgIpc) is 3.63. The van der Waals surface area contributed by atoms with Crippen molar-refractivity contribution in [1.82, 2.24) is 5.01 Å². The van der Waals surface area contributed by atoms with Crippen molar-refractivity contribution < 1.29 is 13.9 Å². The molecule has 1 amide bonds. The van der Waals surface area contributed by atoms with E-state index in [2.05, 4.69) is 29.7 Å². The molecule has 8 heteroatoms. The molecule has 182 valence electrons. The second-order valence-corrected chi connectivity index (χ2v) is 11.0. The normalized spacial score (nSPS) is 20.5. The van der Waals surface area contributed by atoms with Gasteiger partial charge in [0.2, 0.25) is 0 Å². The average molecular weight is 517 g/mol. The van der Waals surface area contributed by atoms with Crippen LogP contribution in [0.15, 0.2) is 79.2 Å². The first-order valence-corrected chi connectivity index (χ1v) is 13.7. The first kappa shape index (κ1) is 22.9. The number of rotatable bonds is 5. The van der Waals surface area contributed by atoms with Crippen LogP contribution in [0, 0.1) is 12.8 Å². The maximum Gasteiger partial charge on any atom is 0.336 e. The molecular formula is C28H24N2O4S2. The lowest BCUT2D eigenvalue weighted by Crippen LogP contribution is -2.34. The summed E-state index contributed by atoms with van der Waals surface area (Å²) in [6.45, 7) is 1.71. The largest absolute Gasteiger partial charge is 0.484 e. The van der Waals surface area contributed by atoms with E-state index in [1.165, 1.54) is 16.5 Å². The first-order chi connectivity index (χ1) is 17.6. The Balaban J connectivity index is 1.28. The van der Waals surface area contributed by atoms with E-state index in [-0.39, 0.29) is 24.5 Å². The van der Waals surface area contributed by atoms with Gasteiger partial charge in [0.25, 0.3) is 5.91 Å². The van der Waals surface area contributed by atoms with Gasteiger partial charge < -0.3 is 9.15 Å². The van der Waals surface area contributed by atoms with E-state index in [4.69, 9.17) is 14.3 Å². The molecule has 0 bridgehead atoms. The van der Waals surface area contributed by atoms with Crippen LogP contribution in [0.4, 0.5) is 0 Å². The van der Waals surface area contributed by atoms with Gasteiger partial charge in [-0.05, 0) is 78.4 Å². The van der Waals surface area contributed by atoms with E-state index in [0.29, 0.717) is 11.3 Å². The third-order valence-electron chi connectivity index (χ3n) is 6.74. The minimum absolute atomic E-state index is 0.125. The summed E-state index contributed by atoms with van der Waals surface area (Å²) in [4.78, 5) is 27.6. The number of ether oxygens (including phenoxy) is 1. The van der Waals surface area contributed by atoms with E-state index in [9.17, 15) is 9.59 Å². The zero-order valence-corrected chi connectivity index (χ0v) is 21.3. The molecule has 1 aliphatic carbocycles. The number of hydrazone groups is 1. The maximum atomic E-state index is 13.5. The van der Waals surface area contributed by atoms with Crippen LogP contribution in [0.1, 0.15) is 40.6 Å². The molecule has 1 fully saturated rings. The lowest BCUT2D eigenvalue weighted by atomic mass is 9.79. The topological polar surface area (TPSA) is 72.1 Å². The Labute approximate surface area is 216 Å². The van der Waals surface area contributed by atoms with Gasteiger partial charge in [-0.25, -0.2) is 9.80 Å². The Bertz CT molecular complexity index is 1530. The molecule has 4 heterocycles. The Kier molecular flexibility index (Phi) is 6.07. The molecule has 1 saturated carbocycles. The number of amides is 1. The SMILES string of the molecule is Cc1cc(=O)oc2cc(OCC(=O)N3N=C4/C(=C\c5cccs5)CCC[C@@H]4[C@@H]3c3cccs3)ccc12. The summed E-state index contributed by atoms with van der Waals surface area (Å²) in [6, 6.07) is 14.9. The van der Waals surface area contributed by atoms with Crippen molar-refractivity contribution in [3.63, 3.8) is 0 Å². The molecule has 2 aliphatic rings. The van der Waals surface area contributed by atoms with Crippen molar-refractivity contribution in [1.29, 1.82) is 0 Å². The zero-order chi connectivity index (χ0) is 24.6. The molecule has 3 aromatic heterocycles. The predicted molar refractivity (Wildman–Crippen MR) is 144 cm³/mol. The summed E-state index contributed by atoms with van der Waals surface area (Å²) in [6.07, 6.45) is 5.25. The standard InChI is InChI=1S/C28H24N2O4S2/c1-17-13-26(32)34-23-15-19(9-10-21(17)23)33-16-25(31)30-28(24-8-4-12-36-24)22-7-2-5-18(27(22)29-30)14-20-6-3-11-35-20/h3-4,6,8-15,22,28H,2,5,7,16H2,1H3/b18-14-/t22-,28+/m0/s1. The molecular weight excluding hydrogens is 492 g/mol. The van der Waals surface area contributed by atoms with E-state index >= 15 is 0 Å². The van der Waals surface area contributed by atoms with E-state index in [1.807, 2.05) is 24.4 Å². The van der Waals surface area contributed by atoms with Gasteiger partial charge in [-0.1, -0.05) is 12.1 Å². The van der Waals surface area contributed by atoms with Crippen LogP contribution < -0.4 is 10.4 Å². The van der Waals surface area contributed by atoms with Gasteiger partial charge in [-0.15, -0.1) is 22.7 Å². The van der Waals surface area contributed by atoms with Crippen molar-refractivity contribution in [2.75, 3.05) is 6.61 Å². The molecule has 36 heavy (non-hydrogen) atoms. The van der Waals surface area contributed by atoms with Gasteiger partial charge in [-0.3, -0.25) is 4.79 Å². The summed E-state index contributed by atoms with van der Waals surface area (Å²) in [5.41, 5.74) is 3.10. The molecule has 6 rings (SSSR count). The highest BCUT2D eigenvalue weighted by Crippen LogP contribution is 2.45. The van der Waals surface area contributed by atoms with Gasteiger partial charge in [0.15, 0.2) is 6.61 Å². The first-order valence-electron chi connectivity index (χ1n) is 11.9. The summed E-state index contributed by atoms with van der Waals surface area (Å²) in [5.74, 6) is 0.446. The highest BCUT2D eigenvalue weighted by molar-refractivity contribution is 7.11. The summed E-state index contributed by atoms with van der Waals surface area (Å²) in [5, 5.41) is 11.5. The van der Waals surface area contributed by atoms with E-state index < -0.39 is 5.63 Å². The number of hydrogen-bond donors (Lipinski definition) is 0. The molecule has 0 spiro atoms. The van der Waals surface area contributed by atoms with Crippen molar-refractivity contribution in [3.05, 3.63) is 90.6 Å². The Morgan fingerprint density at radius 3 is 2.86 bits per heavy atom. The Hall–Kier alpha value is -3.49. The van der Waals surface area contributed by atoms with Crippen LogP contribution in [0.2, 0.25) is 0 Å². The minimum atomic E-state index is -0.408. The summed E-state index contributed by atoms with van der Waals surface area (Å²) < 4.78 is 11.2. The molecule has 0 saturated heterocycles. The number of carbonyl (C=O) groups is 1. The number of fused-ring (bicyclic) bond motifs is 2. The van der Waals surface area contributed by atoms with Crippen LogP contribution in [-0.4, -0.2) is 23.2 Å². The second-order valence-electron chi connectivity index (χ2n) is 9.06. The Morgan fingerprint density at radius 1 is 1.19 bits per heavy atom. The third kappa shape index (κ3) is 4.31. The molecule has 0 unspecified atom stereocenters. The molecule has 2 atom stereocenters. The molecule has 4 aromatic rings. The van der Waals surface area contributed by atoms with Gasteiger partial charge in [0, 0.05) is 33.2 Å². The fourth-order valence-electron chi connectivity index (χ4n) is 5.10. The molecule has 0 radical (unpaired) electrons. The molecule has 1 aromatic carbocycles. The van der Waals surface area contributed by atoms with Gasteiger partial charge in [-0.2, -0.15) is 5.10 Å². The fraction of sp³-hybridized carbons (Fsp3) is 0.250. The van der Waals surface area contributed by atoms with Gasteiger partial charge in [0.05, 0.1) is 11.8 Å². The lowest BCUT2D eigenvalue weighted by Gasteiger charge is -2.28. The second kappa shape index (κ2) is 9.52. The highest BCUT2D eigenvalue weighted by atomic mass is 32.1. The predicted octanol–water partition coefficient (Wildman–Crippen LogP) is 6.43. The van der Waals surface area contributed by atoms with Crippen LogP contribution in [0.3, 0.4) is 0 Å². The zero-order valence-electron chi connectivity index (χ0n) is 19.7. The summed E-state index contributed by atoms with van der Waals surface area (Å²) in [7, 11) is 0. The molecule has 6 nitrogen and oxygen atoms in total. The van der Waals surface area contributed by atoms with Crippen LogP contribution >= 0.6 is 22.7 Å². The van der Waals surface area contributed by atoms with E-state index in [1.54, 1.807) is 39.8 Å². The lowest BCUT2D eigenvalue weighted by molar-refractivity contribution is -0.135. The smallest absolute Gasteiger partial charge is 0.336 e. The maximum absolute atomic E-state index is 13.5. The number of allylic oxidation sites excluding steroid dienone is 1. The van der Waals surface area contributed by atoms with E-state index in [0.717, 1.165) is 40.8 Å². The van der Waals surface area contributed by atoms with Crippen molar-refractivity contribution >= 4 is 51.3 Å². The number of aryl methyl sites for hydroxylation is 1. The quantitative estimate of drug-likeness (QED) is 0.287. The molecule has 0 N–H and O–H groups in total. The third-order valence-corrected chi connectivity index (χ3v) is 8.50. The van der Waals surface area contributed by atoms with Crippen molar-refractivity contribution in [2.45, 2.75) is 32.2 Å². The fourth-order valence-corrected chi connectivity index (χ4v) is 6.65.